The third kappa shape index (κ3) is 1.81. The Morgan fingerprint density at radius 1 is 1.13 bits per heavy atom. The van der Waals surface area contributed by atoms with Gasteiger partial charge in [-0.2, -0.15) is 0 Å². The van der Waals surface area contributed by atoms with Crippen LogP contribution in [0.5, 0.6) is 0 Å². The molecule has 0 unspecified atom stereocenters. The zero-order valence-corrected chi connectivity index (χ0v) is 9.26. The second kappa shape index (κ2) is 3.34. The van der Waals surface area contributed by atoms with Crippen molar-refractivity contribution in [3.63, 3.8) is 0 Å². The van der Waals surface area contributed by atoms with Crippen molar-refractivity contribution in [3.8, 4) is 0 Å². The van der Waals surface area contributed by atoms with Gasteiger partial charge in [-0.25, -0.2) is 0 Å². The predicted octanol–water partition coefficient (Wildman–Crippen LogP) is 2.60. The molecule has 80 valence electrons. The molecule has 1 nitrogen and oxygen atoms in total. The summed E-state index contributed by atoms with van der Waals surface area (Å²) in [4.78, 5) is 0. The normalized spacial score (nSPS) is 22.2. The lowest BCUT2D eigenvalue weighted by atomic mass is 9.86. The van der Waals surface area contributed by atoms with Gasteiger partial charge < -0.3 is 5.73 Å². The van der Waals surface area contributed by atoms with E-state index < -0.39 is 0 Å². The van der Waals surface area contributed by atoms with Crippen molar-refractivity contribution >= 4 is 0 Å². The summed E-state index contributed by atoms with van der Waals surface area (Å²) in [5.41, 5.74) is 11.1. The fourth-order valence-electron chi connectivity index (χ4n) is 2.74. The standard InChI is InChI=1S/C14H19N/c15-14(8-9-14)10-12-6-3-5-11-4-1-2-7-13(11)12/h3,5-6H,1-2,4,7-10,15H2. The van der Waals surface area contributed by atoms with Crippen LogP contribution in [0.1, 0.15) is 42.4 Å². The summed E-state index contributed by atoms with van der Waals surface area (Å²) in [6.07, 6.45) is 8.83. The highest BCUT2D eigenvalue weighted by Gasteiger charge is 2.38. The van der Waals surface area contributed by atoms with Crippen molar-refractivity contribution in [2.45, 2.75) is 50.5 Å². The van der Waals surface area contributed by atoms with E-state index >= 15 is 0 Å². The van der Waals surface area contributed by atoms with Crippen molar-refractivity contribution in [1.29, 1.82) is 0 Å². The fraction of sp³-hybridized carbons (Fsp3) is 0.571. The molecule has 1 aromatic carbocycles. The number of fused-ring (bicyclic) bond motifs is 1. The van der Waals surface area contributed by atoms with E-state index in [1.165, 1.54) is 44.1 Å². The quantitative estimate of drug-likeness (QED) is 0.782. The average molecular weight is 201 g/mol. The molecule has 3 rings (SSSR count). The lowest BCUT2D eigenvalue weighted by molar-refractivity contribution is 0.641. The van der Waals surface area contributed by atoms with Crippen molar-refractivity contribution in [2.75, 3.05) is 0 Å². The highest BCUT2D eigenvalue weighted by Crippen LogP contribution is 2.37. The Bertz CT molecular complexity index is 377. The van der Waals surface area contributed by atoms with Crippen LogP contribution in [0, 0.1) is 0 Å². The van der Waals surface area contributed by atoms with Crippen LogP contribution in [-0.4, -0.2) is 5.54 Å². The van der Waals surface area contributed by atoms with E-state index in [4.69, 9.17) is 5.73 Å². The van der Waals surface area contributed by atoms with Gasteiger partial charge in [-0.05, 0) is 61.6 Å². The largest absolute Gasteiger partial charge is 0.325 e. The van der Waals surface area contributed by atoms with Gasteiger partial charge in [0.15, 0.2) is 0 Å². The summed E-state index contributed by atoms with van der Waals surface area (Å²) in [5.74, 6) is 0. The van der Waals surface area contributed by atoms with Crippen molar-refractivity contribution in [3.05, 3.63) is 34.9 Å². The Labute approximate surface area is 91.7 Å². The minimum Gasteiger partial charge on any atom is -0.325 e. The van der Waals surface area contributed by atoms with Crippen LogP contribution in [-0.2, 0) is 19.3 Å². The van der Waals surface area contributed by atoms with Gasteiger partial charge in [0.1, 0.15) is 0 Å². The monoisotopic (exact) mass is 201 g/mol. The van der Waals surface area contributed by atoms with Gasteiger partial charge in [0.25, 0.3) is 0 Å². The summed E-state index contributed by atoms with van der Waals surface area (Å²) in [6, 6.07) is 6.80. The molecule has 1 fully saturated rings. The molecule has 2 aliphatic rings. The topological polar surface area (TPSA) is 26.0 Å². The number of nitrogens with two attached hydrogens (primary N) is 1. The molecule has 0 saturated heterocycles. The molecular formula is C14H19N. The fourth-order valence-corrected chi connectivity index (χ4v) is 2.74. The second-order valence-electron chi connectivity index (χ2n) is 5.30. The van der Waals surface area contributed by atoms with E-state index in [2.05, 4.69) is 18.2 Å². The zero-order chi connectivity index (χ0) is 10.3. The van der Waals surface area contributed by atoms with E-state index in [1.807, 2.05) is 0 Å². The second-order valence-corrected chi connectivity index (χ2v) is 5.30. The Balaban J connectivity index is 1.92. The van der Waals surface area contributed by atoms with Crippen LogP contribution < -0.4 is 5.73 Å². The molecule has 15 heavy (non-hydrogen) atoms. The summed E-state index contributed by atoms with van der Waals surface area (Å²) in [7, 11) is 0. The van der Waals surface area contributed by atoms with E-state index in [9.17, 15) is 0 Å². The maximum Gasteiger partial charge on any atom is 0.0196 e. The first-order valence-corrected chi connectivity index (χ1v) is 6.15. The number of hydrogen-bond donors (Lipinski definition) is 1. The highest BCUT2D eigenvalue weighted by molar-refractivity contribution is 5.38. The molecule has 0 amide bonds. The Kier molecular flexibility index (Phi) is 2.10. The first kappa shape index (κ1) is 9.41. The van der Waals surface area contributed by atoms with Crippen molar-refractivity contribution < 1.29 is 0 Å². The third-order valence-corrected chi connectivity index (χ3v) is 3.93. The number of aryl methyl sites for hydroxylation is 1. The van der Waals surface area contributed by atoms with E-state index in [0.717, 1.165) is 6.42 Å². The lowest BCUT2D eigenvalue weighted by Gasteiger charge is -2.21. The smallest absolute Gasteiger partial charge is 0.0196 e. The maximum absolute atomic E-state index is 6.21. The van der Waals surface area contributed by atoms with Crippen LogP contribution in [0.2, 0.25) is 0 Å². The van der Waals surface area contributed by atoms with E-state index in [-0.39, 0.29) is 5.54 Å². The van der Waals surface area contributed by atoms with Crippen LogP contribution in [0.3, 0.4) is 0 Å². The molecule has 0 bridgehead atoms. The molecule has 2 N–H and O–H groups in total. The van der Waals surface area contributed by atoms with Gasteiger partial charge in [0.2, 0.25) is 0 Å². The summed E-state index contributed by atoms with van der Waals surface area (Å²) < 4.78 is 0. The van der Waals surface area contributed by atoms with E-state index in [1.54, 1.807) is 11.1 Å². The van der Waals surface area contributed by atoms with Gasteiger partial charge in [-0.3, -0.25) is 0 Å². The lowest BCUT2D eigenvalue weighted by Crippen LogP contribution is -2.25. The first-order valence-electron chi connectivity index (χ1n) is 6.15. The van der Waals surface area contributed by atoms with Crippen LogP contribution in [0.25, 0.3) is 0 Å². The third-order valence-electron chi connectivity index (χ3n) is 3.93. The molecule has 0 aromatic heterocycles. The first-order chi connectivity index (χ1) is 7.27. The summed E-state index contributed by atoms with van der Waals surface area (Å²) in [5, 5.41) is 0. The zero-order valence-electron chi connectivity index (χ0n) is 9.26. The van der Waals surface area contributed by atoms with Crippen LogP contribution >= 0.6 is 0 Å². The van der Waals surface area contributed by atoms with Crippen LogP contribution in [0.4, 0.5) is 0 Å². The number of benzene rings is 1. The van der Waals surface area contributed by atoms with Gasteiger partial charge >= 0.3 is 0 Å². The Hall–Kier alpha value is -0.820. The molecule has 0 heterocycles. The summed E-state index contributed by atoms with van der Waals surface area (Å²) in [6.45, 7) is 0. The summed E-state index contributed by atoms with van der Waals surface area (Å²) >= 11 is 0. The van der Waals surface area contributed by atoms with Gasteiger partial charge in [0.05, 0.1) is 0 Å². The molecule has 0 atom stereocenters. The number of hydrogen-bond acceptors (Lipinski definition) is 1. The van der Waals surface area contributed by atoms with Gasteiger partial charge in [-0.1, -0.05) is 18.2 Å². The molecule has 1 aromatic rings. The average Bonchev–Trinajstić information content (AvgIpc) is 2.97. The molecule has 0 aliphatic heterocycles. The Morgan fingerprint density at radius 3 is 2.73 bits per heavy atom. The van der Waals surface area contributed by atoms with E-state index in [0.29, 0.717) is 0 Å². The highest BCUT2D eigenvalue weighted by atomic mass is 14.8. The number of rotatable bonds is 2. The van der Waals surface area contributed by atoms with Gasteiger partial charge in [0, 0.05) is 5.54 Å². The molecule has 1 heteroatoms. The van der Waals surface area contributed by atoms with Crippen LogP contribution in [0.15, 0.2) is 18.2 Å². The molecular weight excluding hydrogens is 182 g/mol. The Morgan fingerprint density at radius 2 is 1.93 bits per heavy atom. The molecule has 2 aliphatic carbocycles. The minimum atomic E-state index is 0.159. The van der Waals surface area contributed by atoms with Crippen molar-refractivity contribution in [2.24, 2.45) is 5.73 Å². The molecule has 0 radical (unpaired) electrons. The predicted molar refractivity (Wildman–Crippen MR) is 62.9 cm³/mol. The van der Waals surface area contributed by atoms with Gasteiger partial charge in [-0.15, -0.1) is 0 Å². The minimum absolute atomic E-state index is 0.159. The molecule has 0 spiro atoms. The maximum atomic E-state index is 6.21. The SMILES string of the molecule is NC1(Cc2cccc3c2CCCC3)CC1. The van der Waals surface area contributed by atoms with Crippen molar-refractivity contribution in [1.82, 2.24) is 0 Å². The molecule has 1 saturated carbocycles.